The number of carbonyl (C=O) groups excluding carboxylic acids is 2. The Hall–Kier alpha value is -3.57. The van der Waals surface area contributed by atoms with Crippen molar-refractivity contribution < 1.29 is 27.5 Å². The standard InChI is InChI=1S/C32H40BrN3O6S/c1-6-30(32(38)34-20-23(3)4)35(21-24-9-8-10-28(19-24)41-5)31(37)22-36(26-13-15-27(16-14-26)42-7-2)43(39,40)29-17-11-25(33)12-18-29/h8-19,23,30H,6-7,20-22H2,1-5H3,(H,34,38)/t30-/m0/s1. The number of nitrogens with zero attached hydrogens (tertiary/aromatic N) is 2. The lowest BCUT2D eigenvalue weighted by Crippen LogP contribution is -2.52. The van der Waals surface area contributed by atoms with Crippen LogP contribution >= 0.6 is 15.9 Å². The van der Waals surface area contributed by atoms with Gasteiger partial charge in [-0.15, -0.1) is 0 Å². The van der Waals surface area contributed by atoms with Crippen molar-refractivity contribution in [3.05, 3.63) is 82.8 Å². The Morgan fingerprint density at radius 1 is 0.953 bits per heavy atom. The van der Waals surface area contributed by atoms with Gasteiger partial charge in [0, 0.05) is 17.6 Å². The van der Waals surface area contributed by atoms with E-state index < -0.39 is 28.5 Å². The van der Waals surface area contributed by atoms with Crippen molar-refractivity contribution >= 4 is 43.5 Å². The molecule has 0 fully saturated rings. The Morgan fingerprint density at radius 2 is 1.63 bits per heavy atom. The number of rotatable bonds is 15. The molecule has 1 atom stereocenters. The van der Waals surface area contributed by atoms with E-state index in [9.17, 15) is 18.0 Å². The first-order chi connectivity index (χ1) is 20.5. The van der Waals surface area contributed by atoms with E-state index in [4.69, 9.17) is 9.47 Å². The van der Waals surface area contributed by atoms with Gasteiger partial charge in [-0.1, -0.05) is 48.8 Å². The lowest BCUT2D eigenvalue weighted by Gasteiger charge is -2.33. The molecule has 0 heterocycles. The second-order valence-electron chi connectivity index (χ2n) is 10.3. The fourth-order valence-corrected chi connectivity index (χ4v) is 6.13. The lowest BCUT2D eigenvalue weighted by molar-refractivity contribution is -0.140. The van der Waals surface area contributed by atoms with Crippen LogP contribution < -0.4 is 19.1 Å². The van der Waals surface area contributed by atoms with E-state index in [1.165, 1.54) is 17.0 Å². The monoisotopic (exact) mass is 673 g/mol. The van der Waals surface area contributed by atoms with Gasteiger partial charge in [-0.3, -0.25) is 13.9 Å². The van der Waals surface area contributed by atoms with Crippen molar-refractivity contribution in [3.8, 4) is 11.5 Å². The number of nitrogens with one attached hydrogen (secondary N) is 1. The smallest absolute Gasteiger partial charge is 0.264 e. The predicted octanol–water partition coefficient (Wildman–Crippen LogP) is 5.63. The molecule has 0 spiro atoms. The fourth-order valence-electron chi connectivity index (χ4n) is 4.45. The summed E-state index contributed by atoms with van der Waals surface area (Å²) in [7, 11) is -2.63. The van der Waals surface area contributed by atoms with Crippen LogP contribution in [-0.2, 0) is 26.2 Å². The first-order valence-corrected chi connectivity index (χ1v) is 16.4. The van der Waals surface area contributed by atoms with Gasteiger partial charge >= 0.3 is 0 Å². The summed E-state index contributed by atoms with van der Waals surface area (Å²) in [5, 5.41) is 2.93. The highest BCUT2D eigenvalue weighted by molar-refractivity contribution is 9.10. The first kappa shape index (κ1) is 33.9. The molecule has 0 radical (unpaired) electrons. The number of methoxy groups -OCH3 is 1. The zero-order chi connectivity index (χ0) is 31.6. The predicted molar refractivity (Wildman–Crippen MR) is 172 cm³/mol. The fraction of sp³-hybridized carbons (Fsp3) is 0.375. The van der Waals surface area contributed by atoms with E-state index in [-0.39, 0.29) is 23.3 Å². The topological polar surface area (TPSA) is 105 Å². The number of hydrogen-bond donors (Lipinski definition) is 1. The maximum atomic E-state index is 14.2. The summed E-state index contributed by atoms with van der Waals surface area (Å²) in [6, 6.07) is 19.2. The van der Waals surface area contributed by atoms with Gasteiger partial charge in [0.05, 0.1) is 24.3 Å². The average molecular weight is 675 g/mol. The molecule has 3 aromatic carbocycles. The first-order valence-electron chi connectivity index (χ1n) is 14.2. The van der Waals surface area contributed by atoms with Crippen molar-refractivity contribution in [3.63, 3.8) is 0 Å². The number of carbonyl (C=O) groups is 2. The minimum Gasteiger partial charge on any atom is -0.497 e. The summed E-state index contributed by atoms with van der Waals surface area (Å²) in [4.78, 5) is 29.0. The highest BCUT2D eigenvalue weighted by atomic mass is 79.9. The third-order valence-corrected chi connectivity index (χ3v) is 8.99. The molecule has 9 nitrogen and oxygen atoms in total. The molecular formula is C32H40BrN3O6S. The van der Waals surface area contributed by atoms with Crippen LogP contribution in [0.25, 0.3) is 0 Å². The summed E-state index contributed by atoms with van der Waals surface area (Å²) >= 11 is 3.35. The summed E-state index contributed by atoms with van der Waals surface area (Å²) in [6.45, 7) is 8.12. The molecule has 1 N–H and O–H groups in total. The van der Waals surface area contributed by atoms with E-state index in [1.54, 1.807) is 61.7 Å². The Bertz CT molecular complexity index is 1460. The Morgan fingerprint density at radius 3 is 2.21 bits per heavy atom. The molecule has 232 valence electrons. The van der Waals surface area contributed by atoms with Crippen LogP contribution in [0.3, 0.4) is 0 Å². The number of benzene rings is 3. The number of sulfonamides is 1. The van der Waals surface area contributed by atoms with Gasteiger partial charge in [-0.25, -0.2) is 8.42 Å². The molecule has 0 aliphatic heterocycles. The number of ether oxygens (including phenoxy) is 2. The van der Waals surface area contributed by atoms with E-state index >= 15 is 0 Å². The normalized spacial score (nSPS) is 12.0. The highest BCUT2D eigenvalue weighted by Gasteiger charge is 2.33. The Balaban J connectivity index is 2.06. The molecule has 2 amide bonds. The number of anilines is 1. The van der Waals surface area contributed by atoms with Crippen molar-refractivity contribution in [2.45, 2.75) is 51.6 Å². The average Bonchev–Trinajstić information content (AvgIpc) is 2.99. The van der Waals surface area contributed by atoms with E-state index in [2.05, 4.69) is 21.2 Å². The molecule has 0 aliphatic carbocycles. The highest BCUT2D eigenvalue weighted by Crippen LogP contribution is 2.28. The van der Waals surface area contributed by atoms with Crippen LogP contribution in [0.4, 0.5) is 5.69 Å². The van der Waals surface area contributed by atoms with Gasteiger partial charge in [0.25, 0.3) is 10.0 Å². The van der Waals surface area contributed by atoms with Crippen LogP contribution in [0.15, 0.2) is 82.2 Å². The van der Waals surface area contributed by atoms with Gasteiger partial charge in [0.15, 0.2) is 0 Å². The molecule has 0 saturated carbocycles. The van der Waals surface area contributed by atoms with Crippen LogP contribution in [0, 0.1) is 5.92 Å². The van der Waals surface area contributed by atoms with Gasteiger partial charge in [-0.2, -0.15) is 0 Å². The Kier molecular flexibility index (Phi) is 12.4. The molecule has 0 unspecified atom stereocenters. The summed E-state index contributed by atoms with van der Waals surface area (Å²) in [5.41, 5.74) is 1.03. The van der Waals surface area contributed by atoms with Crippen LogP contribution in [0.1, 0.15) is 39.7 Å². The van der Waals surface area contributed by atoms with Crippen molar-refractivity contribution in [1.82, 2.24) is 10.2 Å². The summed E-state index contributed by atoms with van der Waals surface area (Å²) in [6.07, 6.45) is 0.335. The zero-order valence-electron chi connectivity index (χ0n) is 25.2. The third-order valence-electron chi connectivity index (χ3n) is 6.67. The minimum absolute atomic E-state index is 0.0263. The van der Waals surface area contributed by atoms with Crippen LogP contribution in [-0.4, -0.2) is 58.0 Å². The molecule has 11 heteroatoms. The molecule has 0 aliphatic rings. The lowest BCUT2D eigenvalue weighted by atomic mass is 10.1. The van der Waals surface area contributed by atoms with Crippen LogP contribution in [0.2, 0.25) is 0 Å². The molecule has 43 heavy (non-hydrogen) atoms. The quantitative estimate of drug-likeness (QED) is 0.224. The van der Waals surface area contributed by atoms with E-state index in [0.29, 0.717) is 36.8 Å². The molecule has 0 aromatic heterocycles. The maximum absolute atomic E-state index is 14.2. The van der Waals surface area contributed by atoms with Crippen LogP contribution in [0.5, 0.6) is 11.5 Å². The van der Waals surface area contributed by atoms with Gasteiger partial charge in [-0.05, 0) is 85.5 Å². The molecule has 3 rings (SSSR count). The zero-order valence-corrected chi connectivity index (χ0v) is 27.7. The second-order valence-corrected chi connectivity index (χ2v) is 13.1. The maximum Gasteiger partial charge on any atom is 0.264 e. The Labute approximate surface area is 263 Å². The number of amides is 2. The third kappa shape index (κ3) is 9.21. The summed E-state index contributed by atoms with van der Waals surface area (Å²) in [5.74, 6) is 0.581. The van der Waals surface area contributed by atoms with Gasteiger partial charge in [0.1, 0.15) is 24.1 Å². The van der Waals surface area contributed by atoms with Crippen molar-refractivity contribution in [2.75, 3.05) is 31.1 Å². The minimum atomic E-state index is -4.18. The number of hydrogen-bond acceptors (Lipinski definition) is 6. The largest absolute Gasteiger partial charge is 0.497 e. The molecular weight excluding hydrogens is 634 g/mol. The van der Waals surface area contributed by atoms with Gasteiger partial charge < -0.3 is 19.7 Å². The molecule has 0 bridgehead atoms. The van der Waals surface area contributed by atoms with E-state index in [1.807, 2.05) is 33.8 Å². The molecule has 3 aromatic rings. The van der Waals surface area contributed by atoms with E-state index in [0.717, 1.165) is 14.3 Å². The van der Waals surface area contributed by atoms with Crippen molar-refractivity contribution in [2.24, 2.45) is 5.92 Å². The van der Waals surface area contributed by atoms with Crippen molar-refractivity contribution in [1.29, 1.82) is 0 Å². The SMILES string of the molecule is CCOc1ccc(N(CC(=O)N(Cc2cccc(OC)c2)[C@@H](CC)C(=O)NCC(C)C)S(=O)(=O)c2ccc(Br)cc2)cc1. The molecule has 0 saturated heterocycles. The summed E-state index contributed by atoms with van der Waals surface area (Å²) < 4.78 is 40.7. The second kappa shape index (κ2) is 15.8. The number of halogens is 1. The van der Waals surface area contributed by atoms with Gasteiger partial charge in [0.2, 0.25) is 11.8 Å².